The van der Waals surface area contributed by atoms with Crippen LogP contribution in [0, 0.1) is 6.92 Å². The minimum atomic E-state index is -0.738. The normalized spacial score (nSPS) is 22.1. The number of carbonyl (C=O) groups is 1. The highest BCUT2D eigenvalue weighted by Crippen LogP contribution is 2.37. The first-order chi connectivity index (χ1) is 13.8. The number of nitrogens with one attached hydrogen (secondary N) is 1. The van der Waals surface area contributed by atoms with Crippen LogP contribution in [0.1, 0.15) is 36.0 Å². The Labute approximate surface area is 171 Å². The van der Waals surface area contributed by atoms with Crippen molar-refractivity contribution in [1.29, 1.82) is 0 Å². The smallest absolute Gasteiger partial charge is 0.254 e. The molecule has 0 unspecified atom stereocenters. The van der Waals surface area contributed by atoms with Gasteiger partial charge in [-0.15, -0.1) is 0 Å². The number of likely N-dealkylation sites (tertiary alicyclic amines) is 1. The lowest BCUT2D eigenvalue weighted by molar-refractivity contribution is -0.140. The molecule has 0 saturated carbocycles. The zero-order valence-corrected chi connectivity index (χ0v) is 17.6. The minimum Gasteiger partial charge on any atom is -0.389 e. The molecule has 1 aromatic carbocycles. The van der Waals surface area contributed by atoms with E-state index in [-0.39, 0.29) is 24.4 Å². The number of piperidine rings is 1. The van der Waals surface area contributed by atoms with Gasteiger partial charge in [-0.25, -0.2) is 4.98 Å². The minimum absolute atomic E-state index is 0.00875. The fourth-order valence-corrected chi connectivity index (χ4v) is 4.30. The predicted molar refractivity (Wildman–Crippen MR) is 112 cm³/mol. The topological polar surface area (TPSA) is 89.5 Å². The number of aromatic nitrogens is 2. The number of likely N-dealkylation sites (N-methyl/N-ethyl adjacent to an activating group) is 1. The van der Waals surface area contributed by atoms with E-state index in [4.69, 9.17) is 0 Å². The maximum Gasteiger partial charge on any atom is 0.254 e. The summed E-state index contributed by atoms with van der Waals surface area (Å²) >= 11 is 0. The van der Waals surface area contributed by atoms with Crippen molar-refractivity contribution in [3.63, 3.8) is 0 Å². The Morgan fingerprint density at radius 3 is 2.59 bits per heavy atom. The fourth-order valence-electron chi connectivity index (χ4n) is 4.30. The predicted octanol–water partition coefficient (Wildman–Crippen LogP) is 1.23. The van der Waals surface area contributed by atoms with E-state index in [2.05, 4.69) is 9.97 Å². The summed E-state index contributed by atoms with van der Waals surface area (Å²) in [6, 6.07) is 9.92. The molecule has 0 spiro atoms. The van der Waals surface area contributed by atoms with Gasteiger partial charge in [0.15, 0.2) is 0 Å². The molecule has 156 valence electrons. The van der Waals surface area contributed by atoms with Crippen LogP contribution in [0.15, 0.2) is 35.1 Å². The number of aliphatic hydroxyl groups excluding tert-OH is 1. The third kappa shape index (κ3) is 3.97. The molecule has 0 aliphatic carbocycles. The summed E-state index contributed by atoms with van der Waals surface area (Å²) in [4.78, 5) is 36.1. The van der Waals surface area contributed by atoms with Crippen LogP contribution in [0.25, 0.3) is 0 Å². The second kappa shape index (κ2) is 8.47. The molecule has 1 aliphatic heterocycles. The number of amides is 1. The van der Waals surface area contributed by atoms with Gasteiger partial charge >= 0.3 is 0 Å². The Hall–Kier alpha value is -2.51. The van der Waals surface area contributed by atoms with Crippen LogP contribution in [0.4, 0.5) is 0 Å². The Balaban J connectivity index is 1.79. The van der Waals surface area contributed by atoms with Crippen molar-refractivity contribution < 1.29 is 9.90 Å². The fraction of sp³-hybridized carbons (Fsp3) is 0.500. The molecule has 2 N–H and O–H groups in total. The maximum atomic E-state index is 12.9. The van der Waals surface area contributed by atoms with Gasteiger partial charge in [-0.05, 0) is 33.0 Å². The molecule has 0 bridgehead atoms. The van der Waals surface area contributed by atoms with Gasteiger partial charge in [0.1, 0.15) is 5.82 Å². The summed E-state index contributed by atoms with van der Waals surface area (Å²) < 4.78 is 0. The van der Waals surface area contributed by atoms with Gasteiger partial charge in [-0.2, -0.15) is 0 Å². The van der Waals surface area contributed by atoms with Crippen LogP contribution >= 0.6 is 0 Å². The van der Waals surface area contributed by atoms with Crippen molar-refractivity contribution in [2.24, 2.45) is 0 Å². The summed E-state index contributed by atoms with van der Waals surface area (Å²) in [5.74, 6) is 0.458. The number of benzene rings is 1. The number of rotatable bonds is 5. The number of hydrogen-bond donors (Lipinski definition) is 2. The summed E-state index contributed by atoms with van der Waals surface area (Å²) in [5.41, 5.74) is 1.22. The van der Waals surface area contributed by atoms with Gasteiger partial charge < -0.3 is 15.0 Å². The Kier molecular flexibility index (Phi) is 6.19. The number of aromatic amines is 1. The van der Waals surface area contributed by atoms with Crippen molar-refractivity contribution in [2.45, 2.75) is 44.8 Å². The third-order valence-corrected chi connectivity index (χ3v) is 6.07. The van der Waals surface area contributed by atoms with Gasteiger partial charge in [0, 0.05) is 30.8 Å². The van der Waals surface area contributed by atoms with Gasteiger partial charge in [-0.1, -0.05) is 37.3 Å². The molecule has 2 heterocycles. The van der Waals surface area contributed by atoms with Crippen LogP contribution in [-0.4, -0.2) is 64.1 Å². The number of nitrogens with zero attached hydrogens (tertiary/aromatic N) is 3. The van der Waals surface area contributed by atoms with E-state index in [0.717, 1.165) is 5.56 Å². The number of H-pyrrole nitrogens is 1. The van der Waals surface area contributed by atoms with E-state index in [1.165, 1.54) is 0 Å². The number of hydrogen-bond acceptors (Lipinski definition) is 5. The lowest BCUT2D eigenvalue weighted by atomic mass is 9.77. The number of aliphatic hydroxyl groups is 1. The van der Waals surface area contributed by atoms with E-state index >= 15 is 0 Å². The van der Waals surface area contributed by atoms with Crippen LogP contribution in [0.5, 0.6) is 0 Å². The molecule has 2 aromatic rings. The second-order valence-corrected chi connectivity index (χ2v) is 7.90. The average Bonchev–Trinajstić information content (AvgIpc) is 2.70. The number of carbonyl (C=O) groups excluding carboxylic acids is 1. The van der Waals surface area contributed by atoms with E-state index in [1.54, 1.807) is 11.8 Å². The van der Waals surface area contributed by atoms with Crippen molar-refractivity contribution in [1.82, 2.24) is 19.8 Å². The van der Waals surface area contributed by atoms with Gasteiger partial charge in [-0.3, -0.25) is 14.5 Å². The average molecular weight is 399 g/mol. The van der Waals surface area contributed by atoms with Crippen molar-refractivity contribution in [2.75, 3.05) is 27.2 Å². The lowest BCUT2D eigenvalue weighted by Crippen LogP contribution is -2.61. The molecule has 7 nitrogen and oxygen atoms in total. The first kappa shape index (κ1) is 21.2. The molecular weight excluding hydrogens is 368 g/mol. The molecule has 3 rings (SSSR count). The summed E-state index contributed by atoms with van der Waals surface area (Å²) in [6.07, 6.45) is 0.497. The van der Waals surface area contributed by atoms with Crippen LogP contribution in [0.2, 0.25) is 0 Å². The molecule has 1 amide bonds. The summed E-state index contributed by atoms with van der Waals surface area (Å²) in [7, 11) is 3.91. The zero-order chi connectivity index (χ0) is 21.2. The Bertz CT molecular complexity index is 925. The first-order valence-electron chi connectivity index (χ1n) is 10.1. The van der Waals surface area contributed by atoms with Crippen molar-refractivity contribution >= 4 is 5.91 Å². The van der Waals surface area contributed by atoms with Gasteiger partial charge in [0.05, 0.1) is 18.1 Å². The molecule has 1 aliphatic rings. The highest BCUT2D eigenvalue weighted by molar-refractivity contribution is 5.79. The van der Waals surface area contributed by atoms with Gasteiger partial charge in [0.2, 0.25) is 5.91 Å². The highest BCUT2D eigenvalue weighted by atomic mass is 16.3. The van der Waals surface area contributed by atoms with E-state index in [0.29, 0.717) is 36.5 Å². The zero-order valence-electron chi connectivity index (χ0n) is 17.6. The van der Waals surface area contributed by atoms with Gasteiger partial charge in [0.25, 0.3) is 5.56 Å². The monoisotopic (exact) mass is 398 g/mol. The van der Waals surface area contributed by atoms with Crippen molar-refractivity contribution in [3.05, 3.63) is 63.3 Å². The van der Waals surface area contributed by atoms with E-state index in [1.807, 2.05) is 56.3 Å². The Morgan fingerprint density at radius 1 is 1.34 bits per heavy atom. The quantitative estimate of drug-likeness (QED) is 0.791. The summed E-state index contributed by atoms with van der Waals surface area (Å²) in [5, 5.41) is 11.1. The van der Waals surface area contributed by atoms with E-state index in [9.17, 15) is 14.7 Å². The summed E-state index contributed by atoms with van der Waals surface area (Å²) in [6.45, 7) is 4.42. The molecule has 0 radical (unpaired) electrons. The molecular formula is C22H30N4O3. The van der Waals surface area contributed by atoms with Crippen molar-refractivity contribution in [3.8, 4) is 0 Å². The van der Waals surface area contributed by atoms with Crippen LogP contribution in [-0.2, 0) is 23.2 Å². The lowest BCUT2D eigenvalue weighted by Gasteiger charge is -2.49. The molecule has 1 aromatic heterocycles. The van der Waals surface area contributed by atoms with Crippen LogP contribution in [0.3, 0.4) is 0 Å². The third-order valence-electron chi connectivity index (χ3n) is 6.07. The van der Waals surface area contributed by atoms with E-state index < -0.39 is 11.6 Å². The number of aryl methyl sites for hydroxylation is 2. The second-order valence-electron chi connectivity index (χ2n) is 7.90. The van der Waals surface area contributed by atoms with Crippen LogP contribution < -0.4 is 5.56 Å². The maximum absolute atomic E-state index is 12.9. The largest absolute Gasteiger partial charge is 0.389 e. The SMILES string of the molecule is CCc1nc(C)c(CC(=O)N2CC[C@@](c3ccccc3)(N(C)C)[C@H](O)C2)c(=O)[nH]1. The molecule has 29 heavy (non-hydrogen) atoms. The number of β-amino-alcohol motifs (C(OH)–C–C–N with tert-alkyl or cyclic N) is 1. The standard InChI is InChI=1S/C22H30N4O3/c1-5-19-23-15(2)17(21(29)24-19)13-20(28)26-12-11-22(25(3)4,18(27)14-26)16-9-7-6-8-10-16/h6-10,18,27H,5,11-14H2,1-4H3,(H,23,24,29)/t18-,22+/m1/s1. The molecule has 7 heteroatoms. The Morgan fingerprint density at radius 2 is 2.03 bits per heavy atom. The molecule has 2 atom stereocenters. The highest BCUT2D eigenvalue weighted by Gasteiger charge is 2.46. The first-order valence-corrected chi connectivity index (χ1v) is 10.1. The molecule has 1 fully saturated rings. The molecule has 1 saturated heterocycles.